The average Bonchev–Trinajstić information content (AvgIpc) is 3.35. The molecule has 11 nitrogen and oxygen atoms in total. The van der Waals surface area contributed by atoms with E-state index in [1.54, 1.807) is 6.08 Å². The van der Waals surface area contributed by atoms with Crippen LogP contribution >= 0.6 is 7.82 Å². The van der Waals surface area contributed by atoms with Crippen LogP contribution in [0.4, 0.5) is 0 Å². The summed E-state index contributed by atoms with van der Waals surface area (Å²) in [4.78, 5) is 48.2. The van der Waals surface area contributed by atoms with E-state index in [2.05, 4.69) is 118 Å². The lowest BCUT2D eigenvalue weighted by Crippen LogP contribution is -2.30. The van der Waals surface area contributed by atoms with Gasteiger partial charge in [-0.15, -0.1) is 0 Å². The highest BCUT2D eigenvalue weighted by Gasteiger charge is 2.28. The van der Waals surface area contributed by atoms with E-state index in [0.29, 0.717) is 25.7 Å². The van der Waals surface area contributed by atoms with Gasteiger partial charge in [0.05, 0.1) is 26.2 Å². The zero-order chi connectivity index (χ0) is 51.3. The van der Waals surface area contributed by atoms with E-state index in [1.807, 2.05) is 30.4 Å². The smallest absolute Gasteiger partial charge is 0.461 e. The van der Waals surface area contributed by atoms with Crippen LogP contribution in [-0.4, -0.2) is 66.5 Å². The number of phosphoric ester groups is 1. The van der Waals surface area contributed by atoms with Crippen molar-refractivity contribution in [2.45, 2.75) is 187 Å². The number of carbonyl (C=O) groups is 3. The second-order valence-electron chi connectivity index (χ2n) is 16.6. The summed E-state index contributed by atoms with van der Waals surface area (Å²) < 4.78 is 39.1. The molecule has 0 fully saturated rings. The SMILES string of the molecule is CC/C=C\C/C=C\C/C=C\C/C=C\C/C=C\CCCC(=O)OC(COC(=O)C/C=C\C/C=C\C/C=C\C/C=C\C/C=C\CC)COP(=O)(O)OCC(CO)OC(=O)CCCCCCC/C=C\CCCC. The third kappa shape index (κ3) is 48.6. The Balaban J connectivity index is 4.99. The predicted molar refractivity (Wildman–Crippen MR) is 288 cm³/mol. The number of phosphoric acid groups is 1. The average molecular weight is 995 g/mol. The highest BCUT2D eigenvalue weighted by Crippen LogP contribution is 2.43. The van der Waals surface area contributed by atoms with Crippen LogP contribution in [0.15, 0.2) is 134 Å². The minimum Gasteiger partial charge on any atom is -0.461 e. The molecule has 0 bridgehead atoms. The molecule has 394 valence electrons. The van der Waals surface area contributed by atoms with E-state index < -0.39 is 64.4 Å². The van der Waals surface area contributed by atoms with Gasteiger partial charge in [-0.05, 0) is 103 Å². The van der Waals surface area contributed by atoms with Crippen LogP contribution in [-0.2, 0) is 42.2 Å². The van der Waals surface area contributed by atoms with Gasteiger partial charge in [0, 0.05) is 12.8 Å². The summed E-state index contributed by atoms with van der Waals surface area (Å²) in [5, 5.41) is 9.76. The lowest BCUT2D eigenvalue weighted by atomic mass is 10.1. The molecule has 0 radical (unpaired) electrons. The second-order valence-corrected chi connectivity index (χ2v) is 18.0. The third-order valence-corrected chi connectivity index (χ3v) is 11.0. The van der Waals surface area contributed by atoms with Gasteiger partial charge in [0.1, 0.15) is 12.7 Å². The number of rotatable bonds is 46. The number of carbonyl (C=O) groups excluding carboxylic acids is 3. The maximum Gasteiger partial charge on any atom is 0.472 e. The Morgan fingerprint density at radius 2 is 0.800 bits per heavy atom. The number of unbranched alkanes of at least 4 members (excludes halogenated alkanes) is 8. The van der Waals surface area contributed by atoms with Gasteiger partial charge in [0.2, 0.25) is 0 Å². The summed E-state index contributed by atoms with van der Waals surface area (Å²) in [6, 6.07) is 0. The molecule has 70 heavy (non-hydrogen) atoms. The van der Waals surface area contributed by atoms with Crippen molar-refractivity contribution in [1.82, 2.24) is 0 Å². The molecule has 0 spiro atoms. The van der Waals surface area contributed by atoms with Crippen molar-refractivity contribution in [3.63, 3.8) is 0 Å². The van der Waals surface area contributed by atoms with Crippen LogP contribution in [0, 0.1) is 0 Å². The van der Waals surface area contributed by atoms with Crippen molar-refractivity contribution >= 4 is 25.7 Å². The molecule has 2 N–H and O–H groups in total. The number of hydrogen-bond acceptors (Lipinski definition) is 10. The molecule has 0 aromatic carbocycles. The Labute approximate surface area is 423 Å². The summed E-state index contributed by atoms with van der Waals surface area (Å²) >= 11 is 0. The van der Waals surface area contributed by atoms with Gasteiger partial charge in [-0.3, -0.25) is 23.4 Å². The van der Waals surface area contributed by atoms with Crippen molar-refractivity contribution in [3.05, 3.63) is 134 Å². The topological polar surface area (TPSA) is 155 Å². The first-order valence-corrected chi connectivity index (χ1v) is 27.6. The normalized spacial score (nSPS) is 14.5. The molecule has 0 saturated heterocycles. The lowest BCUT2D eigenvalue weighted by molar-refractivity contribution is -0.161. The first-order chi connectivity index (χ1) is 34.2. The van der Waals surface area contributed by atoms with E-state index >= 15 is 0 Å². The highest BCUT2D eigenvalue weighted by atomic mass is 31.2. The van der Waals surface area contributed by atoms with Crippen molar-refractivity contribution in [2.24, 2.45) is 0 Å². The lowest BCUT2D eigenvalue weighted by Gasteiger charge is -2.21. The molecule has 0 aliphatic rings. The first kappa shape index (κ1) is 65.6. The molecule has 0 aromatic rings. The van der Waals surface area contributed by atoms with Crippen molar-refractivity contribution in [1.29, 1.82) is 0 Å². The van der Waals surface area contributed by atoms with Gasteiger partial charge < -0.3 is 24.2 Å². The Bertz CT molecular complexity index is 1680. The molecule has 0 saturated carbocycles. The number of esters is 3. The molecule has 0 aromatic heterocycles. The molecular weight excluding hydrogens is 904 g/mol. The number of aliphatic hydroxyl groups is 1. The van der Waals surface area contributed by atoms with Gasteiger partial charge in [0.25, 0.3) is 0 Å². The van der Waals surface area contributed by atoms with Crippen LogP contribution in [0.25, 0.3) is 0 Å². The van der Waals surface area contributed by atoms with E-state index in [4.69, 9.17) is 23.3 Å². The summed E-state index contributed by atoms with van der Waals surface area (Å²) in [6.45, 7) is 4.14. The van der Waals surface area contributed by atoms with Crippen LogP contribution < -0.4 is 0 Å². The van der Waals surface area contributed by atoms with Crippen molar-refractivity contribution < 1.29 is 52.2 Å². The van der Waals surface area contributed by atoms with Crippen LogP contribution in [0.1, 0.15) is 175 Å². The molecule has 0 amide bonds. The first-order valence-electron chi connectivity index (χ1n) is 26.1. The monoisotopic (exact) mass is 995 g/mol. The Morgan fingerprint density at radius 3 is 1.29 bits per heavy atom. The van der Waals surface area contributed by atoms with Crippen LogP contribution in [0.2, 0.25) is 0 Å². The zero-order valence-electron chi connectivity index (χ0n) is 43.2. The quantitative estimate of drug-likeness (QED) is 0.0197. The number of hydrogen-bond donors (Lipinski definition) is 2. The maximum absolute atomic E-state index is 12.8. The molecular formula is C58H91O11P. The van der Waals surface area contributed by atoms with E-state index in [-0.39, 0.29) is 19.3 Å². The molecule has 0 aliphatic heterocycles. The third-order valence-electron chi connectivity index (χ3n) is 10.1. The predicted octanol–water partition coefficient (Wildman–Crippen LogP) is 15.0. The molecule has 3 atom stereocenters. The van der Waals surface area contributed by atoms with Gasteiger partial charge in [-0.1, -0.05) is 187 Å². The van der Waals surface area contributed by atoms with E-state index in [1.165, 1.54) is 12.8 Å². The van der Waals surface area contributed by atoms with Gasteiger partial charge in [-0.2, -0.15) is 0 Å². The zero-order valence-corrected chi connectivity index (χ0v) is 44.1. The summed E-state index contributed by atoms with van der Waals surface area (Å²) in [5.41, 5.74) is 0. The molecule has 12 heteroatoms. The molecule has 3 unspecified atom stereocenters. The number of allylic oxidation sites excluding steroid dienone is 21. The van der Waals surface area contributed by atoms with Crippen LogP contribution in [0.3, 0.4) is 0 Å². The summed E-state index contributed by atoms with van der Waals surface area (Å²) in [5.74, 6) is -1.72. The number of aliphatic hydroxyl groups excluding tert-OH is 1. The van der Waals surface area contributed by atoms with Gasteiger partial charge >= 0.3 is 25.7 Å². The number of ether oxygens (including phenoxy) is 3. The van der Waals surface area contributed by atoms with E-state index in [0.717, 1.165) is 96.3 Å². The highest BCUT2D eigenvalue weighted by molar-refractivity contribution is 7.47. The van der Waals surface area contributed by atoms with Crippen molar-refractivity contribution in [3.8, 4) is 0 Å². The van der Waals surface area contributed by atoms with Crippen LogP contribution in [0.5, 0.6) is 0 Å². The fraction of sp³-hybridized carbons (Fsp3) is 0.569. The largest absolute Gasteiger partial charge is 0.472 e. The minimum absolute atomic E-state index is 0.0256. The maximum atomic E-state index is 12.8. The molecule has 0 aliphatic carbocycles. The standard InChI is InChI=1S/C58H91O11P/c1-4-7-10-13-16-19-22-24-26-27-29-31-34-37-40-43-46-49-58(62)69-55(51-65-56(60)47-44-41-38-35-33-30-28-25-23-20-17-14-11-8-5-2)53-67-70(63,64)66-52-54(50-59)68-57(61)48-45-42-39-36-32-21-18-15-12-9-6-3/h7-8,10-11,15-20,24-26,28-29,31,33,35,37,40-41,44,54-55,59H,4-6,9,12-14,21-23,27,30,32,34,36,38-39,42-43,45-53H2,1-3H3,(H,63,64)/b10-7-,11-8-,18-15-,19-16-,20-17-,26-24-,28-25-,31-29-,35-33-,40-37-,44-41-. The fourth-order valence-corrected chi connectivity index (χ4v) is 6.93. The molecule has 0 rings (SSSR count). The second kappa shape index (κ2) is 51.0. The van der Waals surface area contributed by atoms with Crippen molar-refractivity contribution in [2.75, 3.05) is 26.4 Å². The van der Waals surface area contributed by atoms with E-state index in [9.17, 15) is 28.9 Å². The Kier molecular flexibility index (Phi) is 47.8. The Hall–Kier alpha value is -4.38. The summed E-state index contributed by atoms with van der Waals surface area (Å²) in [7, 11) is -4.79. The van der Waals surface area contributed by atoms with Gasteiger partial charge in [-0.25, -0.2) is 4.57 Å². The van der Waals surface area contributed by atoms with Gasteiger partial charge in [0.15, 0.2) is 6.10 Å². The summed E-state index contributed by atoms with van der Waals surface area (Å²) in [6.07, 6.45) is 63.2. The Morgan fingerprint density at radius 1 is 0.429 bits per heavy atom. The fourth-order valence-electron chi connectivity index (χ4n) is 6.15. The molecule has 0 heterocycles. The minimum atomic E-state index is -4.79.